The third kappa shape index (κ3) is 3.06. The van der Waals surface area contributed by atoms with Crippen molar-refractivity contribution in [3.63, 3.8) is 0 Å². The highest BCUT2D eigenvalue weighted by Crippen LogP contribution is 2.21. The van der Waals surface area contributed by atoms with Crippen molar-refractivity contribution in [3.8, 4) is 5.75 Å². The molecule has 2 heterocycles. The fourth-order valence-corrected chi connectivity index (χ4v) is 2.46. The van der Waals surface area contributed by atoms with Crippen molar-refractivity contribution in [2.24, 2.45) is 0 Å². The zero-order valence-electron chi connectivity index (χ0n) is 13.4. The Labute approximate surface area is 133 Å². The van der Waals surface area contributed by atoms with Gasteiger partial charge in [-0.15, -0.1) is 0 Å². The summed E-state index contributed by atoms with van der Waals surface area (Å²) in [6.07, 6.45) is 0.665. The molecule has 1 aromatic carbocycles. The van der Waals surface area contributed by atoms with Gasteiger partial charge in [-0.25, -0.2) is 4.98 Å². The third-order valence-electron chi connectivity index (χ3n) is 3.67. The number of aryl methyl sites for hydroxylation is 2. The van der Waals surface area contributed by atoms with E-state index in [0.717, 1.165) is 22.3 Å². The Balaban J connectivity index is 1.72. The van der Waals surface area contributed by atoms with E-state index in [0.29, 0.717) is 24.6 Å². The smallest absolute Gasteiger partial charge is 0.289 e. The zero-order valence-corrected chi connectivity index (χ0v) is 13.4. The van der Waals surface area contributed by atoms with Crippen LogP contribution in [-0.2, 0) is 13.0 Å². The number of oxazole rings is 1. The van der Waals surface area contributed by atoms with E-state index in [1.54, 1.807) is 14.0 Å². The van der Waals surface area contributed by atoms with Crippen molar-refractivity contribution in [3.05, 3.63) is 47.3 Å². The normalized spacial score (nSPS) is 10.9. The number of hydrogen-bond donors (Lipinski definition) is 2. The van der Waals surface area contributed by atoms with Crippen LogP contribution in [0.1, 0.15) is 34.8 Å². The summed E-state index contributed by atoms with van der Waals surface area (Å²) in [6.45, 7) is 4.09. The van der Waals surface area contributed by atoms with Crippen molar-refractivity contribution in [2.45, 2.75) is 26.8 Å². The summed E-state index contributed by atoms with van der Waals surface area (Å²) in [4.78, 5) is 19.7. The quantitative estimate of drug-likeness (QED) is 0.759. The van der Waals surface area contributed by atoms with Crippen molar-refractivity contribution >= 4 is 16.8 Å². The molecular weight excluding hydrogens is 294 g/mol. The van der Waals surface area contributed by atoms with Crippen LogP contribution in [0.4, 0.5) is 0 Å². The van der Waals surface area contributed by atoms with Gasteiger partial charge in [-0.3, -0.25) is 4.79 Å². The minimum atomic E-state index is -0.258. The Kier molecular flexibility index (Phi) is 4.06. The molecule has 0 radical (unpaired) electrons. The summed E-state index contributed by atoms with van der Waals surface area (Å²) in [5.74, 6) is 1.40. The molecule has 0 fully saturated rings. The number of rotatable bonds is 5. The van der Waals surface area contributed by atoms with E-state index in [-0.39, 0.29) is 11.7 Å². The average molecular weight is 313 g/mol. The van der Waals surface area contributed by atoms with E-state index in [9.17, 15) is 4.79 Å². The van der Waals surface area contributed by atoms with Gasteiger partial charge in [0.15, 0.2) is 5.89 Å². The SMILES string of the molecule is CCc1nc(C)c(C(=O)NCc2cc3cc(OC)ccc3[nH]2)o1. The molecular formula is C17H19N3O3. The number of amides is 1. The molecule has 23 heavy (non-hydrogen) atoms. The molecule has 0 unspecified atom stereocenters. The predicted octanol–water partition coefficient (Wildman–Crippen LogP) is 2.97. The first-order valence-corrected chi connectivity index (χ1v) is 7.51. The fourth-order valence-electron chi connectivity index (χ4n) is 2.46. The summed E-state index contributed by atoms with van der Waals surface area (Å²) >= 11 is 0. The van der Waals surface area contributed by atoms with Crippen LogP contribution in [0, 0.1) is 6.92 Å². The van der Waals surface area contributed by atoms with E-state index in [1.165, 1.54) is 0 Å². The Bertz CT molecular complexity index is 848. The second-order valence-electron chi connectivity index (χ2n) is 5.31. The van der Waals surface area contributed by atoms with Crippen LogP contribution >= 0.6 is 0 Å². The highest BCUT2D eigenvalue weighted by Gasteiger charge is 2.16. The molecule has 0 spiro atoms. The number of benzene rings is 1. The Morgan fingerprint density at radius 1 is 1.39 bits per heavy atom. The van der Waals surface area contributed by atoms with Gasteiger partial charge in [0.2, 0.25) is 5.76 Å². The van der Waals surface area contributed by atoms with Crippen LogP contribution in [0.15, 0.2) is 28.7 Å². The molecule has 2 aromatic heterocycles. The number of aromatic amines is 1. The standard InChI is InChI=1S/C17H19N3O3/c1-4-15-19-10(2)16(23-15)17(21)18-9-12-7-11-8-13(22-3)5-6-14(11)20-12/h5-8,20H,4,9H2,1-3H3,(H,18,21). The lowest BCUT2D eigenvalue weighted by atomic mass is 10.2. The molecule has 0 aliphatic rings. The van der Waals surface area contributed by atoms with E-state index in [2.05, 4.69) is 15.3 Å². The lowest BCUT2D eigenvalue weighted by Crippen LogP contribution is -2.23. The van der Waals surface area contributed by atoms with Crippen LogP contribution < -0.4 is 10.1 Å². The number of fused-ring (bicyclic) bond motifs is 1. The summed E-state index contributed by atoms with van der Waals surface area (Å²) in [7, 11) is 1.64. The second kappa shape index (κ2) is 6.16. The lowest BCUT2D eigenvalue weighted by Gasteiger charge is -2.01. The number of nitrogens with zero attached hydrogens (tertiary/aromatic N) is 1. The second-order valence-corrected chi connectivity index (χ2v) is 5.31. The molecule has 3 rings (SSSR count). The van der Waals surface area contributed by atoms with E-state index >= 15 is 0 Å². The van der Waals surface area contributed by atoms with Gasteiger partial charge in [0.05, 0.1) is 19.3 Å². The van der Waals surface area contributed by atoms with Crippen LogP contribution in [0.2, 0.25) is 0 Å². The first-order valence-electron chi connectivity index (χ1n) is 7.51. The number of methoxy groups -OCH3 is 1. The molecule has 0 saturated carbocycles. The number of nitrogens with one attached hydrogen (secondary N) is 2. The number of H-pyrrole nitrogens is 1. The number of carbonyl (C=O) groups excluding carboxylic acids is 1. The van der Waals surface area contributed by atoms with Crippen molar-refractivity contribution in [2.75, 3.05) is 7.11 Å². The molecule has 0 aliphatic heterocycles. The summed E-state index contributed by atoms with van der Waals surface area (Å²) in [5, 5.41) is 3.89. The summed E-state index contributed by atoms with van der Waals surface area (Å²) in [6, 6.07) is 7.78. The summed E-state index contributed by atoms with van der Waals surface area (Å²) in [5.41, 5.74) is 2.52. The molecule has 6 heteroatoms. The Morgan fingerprint density at radius 3 is 2.91 bits per heavy atom. The Morgan fingerprint density at radius 2 is 2.22 bits per heavy atom. The van der Waals surface area contributed by atoms with E-state index in [4.69, 9.17) is 9.15 Å². The van der Waals surface area contributed by atoms with Crippen LogP contribution in [0.25, 0.3) is 10.9 Å². The minimum Gasteiger partial charge on any atom is -0.497 e. The van der Waals surface area contributed by atoms with Gasteiger partial charge in [-0.1, -0.05) is 6.92 Å². The molecule has 3 aromatic rings. The van der Waals surface area contributed by atoms with Gasteiger partial charge in [-0.05, 0) is 31.2 Å². The molecule has 0 atom stereocenters. The highest BCUT2D eigenvalue weighted by atomic mass is 16.5. The maximum atomic E-state index is 12.2. The lowest BCUT2D eigenvalue weighted by molar-refractivity contribution is 0.0920. The summed E-state index contributed by atoms with van der Waals surface area (Å²) < 4.78 is 10.7. The number of hydrogen-bond acceptors (Lipinski definition) is 4. The fraction of sp³-hybridized carbons (Fsp3) is 0.294. The molecule has 0 bridgehead atoms. The van der Waals surface area contributed by atoms with Crippen molar-refractivity contribution in [1.82, 2.24) is 15.3 Å². The van der Waals surface area contributed by atoms with E-state index in [1.807, 2.05) is 31.2 Å². The van der Waals surface area contributed by atoms with Gasteiger partial charge < -0.3 is 19.5 Å². The maximum Gasteiger partial charge on any atom is 0.289 e. The first-order chi connectivity index (χ1) is 11.1. The average Bonchev–Trinajstić information content (AvgIpc) is 3.14. The van der Waals surface area contributed by atoms with Gasteiger partial charge >= 0.3 is 0 Å². The molecule has 1 amide bonds. The third-order valence-corrected chi connectivity index (χ3v) is 3.67. The number of carbonyl (C=O) groups is 1. The van der Waals surface area contributed by atoms with Crippen molar-refractivity contribution in [1.29, 1.82) is 0 Å². The van der Waals surface area contributed by atoms with Crippen LogP contribution in [0.5, 0.6) is 5.75 Å². The van der Waals surface area contributed by atoms with Crippen LogP contribution in [-0.4, -0.2) is 23.0 Å². The maximum absolute atomic E-state index is 12.2. The van der Waals surface area contributed by atoms with Gasteiger partial charge in [0.25, 0.3) is 5.91 Å². The van der Waals surface area contributed by atoms with Crippen LogP contribution in [0.3, 0.4) is 0 Å². The molecule has 2 N–H and O–H groups in total. The predicted molar refractivity (Wildman–Crippen MR) is 86.6 cm³/mol. The molecule has 0 aliphatic carbocycles. The topological polar surface area (TPSA) is 80.1 Å². The van der Waals surface area contributed by atoms with Crippen molar-refractivity contribution < 1.29 is 13.9 Å². The zero-order chi connectivity index (χ0) is 16.4. The number of ether oxygens (including phenoxy) is 1. The monoisotopic (exact) mass is 313 g/mol. The van der Waals surface area contributed by atoms with Gasteiger partial charge in [0.1, 0.15) is 5.75 Å². The Hall–Kier alpha value is -2.76. The number of aromatic nitrogens is 2. The first kappa shape index (κ1) is 15.1. The highest BCUT2D eigenvalue weighted by molar-refractivity contribution is 5.92. The molecule has 0 saturated heterocycles. The minimum absolute atomic E-state index is 0.258. The molecule has 6 nitrogen and oxygen atoms in total. The largest absolute Gasteiger partial charge is 0.497 e. The van der Waals surface area contributed by atoms with Gasteiger partial charge in [-0.2, -0.15) is 0 Å². The van der Waals surface area contributed by atoms with E-state index < -0.39 is 0 Å². The van der Waals surface area contributed by atoms with Gasteiger partial charge in [0, 0.05) is 23.0 Å². The molecule has 120 valence electrons.